The van der Waals surface area contributed by atoms with Crippen LogP contribution in [0.5, 0.6) is 0 Å². The molecule has 2 aromatic heterocycles. The summed E-state index contributed by atoms with van der Waals surface area (Å²) in [6.45, 7) is 5.34. The summed E-state index contributed by atoms with van der Waals surface area (Å²) in [5.41, 5.74) is 1.03. The first kappa shape index (κ1) is 22.6. The minimum atomic E-state index is -0.697. The SMILES string of the molecule is CCOCCn1c(=NC(=O)c2coc3ccccc3c2=O)sc2cc(C(=O)OCC)ccc21. The van der Waals surface area contributed by atoms with Crippen molar-refractivity contribution in [1.29, 1.82) is 0 Å². The van der Waals surface area contributed by atoms with Gasteiger partial charge in [0.25, 0.3) is 5.91 Å². The smallest absolute Gasteiger partial charge is 0.338 e. The number of amides is 1. The molecule has 0 unspecified atom stereocenters. The second-order valence-electron chi connectivity index (χ2n) is 7.03. The van der Waals surface area contributed by atoms with Crippen molar-refractivity contribution in [3.8, 4) is 0 Å². The lowest BCUT2D eigenvalue weighted by Crippen LogP contribution is -2.21. The number of fused-ring (bicyclic) bond motifs is 2. The van der Waals surface area contributed by atoms with Crippen molar-refractivity contribution in [3.63, 3.8) is 0 Å². The molecule has 0 aliphatic heterocycles. The van der Waals surface area contributed by atoms with Gasteiger partial charge in [0.2, 0.25) is 5.43 Å². The predicted octanol–water partition coefficient (Wildman–Crippen LogP) is 3.76. The third kappa shape index (κ3) is 4.64. The highest BCUT2D eigenvalue weighted by Gasteiger charge is 2.16. The van der Waals surface area contributed by atoms with Crippen LogP contribution in [-0.4, -0.2) is 36.3 Å². The molecule has 8 nitrogen and oxygen atoms in total. The molecular formula is C24H22N2O6S. The predicted molar refractivity (Wildman–Crippen MR) is 125 cm³/mol. The van der Waals surface area contributed by atoms with Gasteiger partial charge in [-0.05, 0) is 44.2 Å². The number of carbonyl (C=O) groups is 2. The zero-order chi connectivity index (χ0) is 23.4. The number of esters is 1. The fraction of sp³-hybridized carbons (Fsp3) is 0.250. The average molecular weight is 467 g/mol. The van der Waals surface area contributed by atoms with E-state index in [9.17, 15) is 14.4 Å². The van der Waals surface area contributed by atoms with Crippen molar-refractivity contribution in [2.45, 2.75) is 20.4 Å². The molecule has 33 heavy (non-hydrogen) atoms. The van der Waals surface area contributed by atoms with E-state index in [1.54, 1.807) is 49.4 Å². The zero-order valence-electron chi connectivity index (χ0n) is 18.2. The van der Waals surface area contributed by atoms with Crippen LogP contribution in [0, 0.1) is 0 Å². The summed E-state index contributed by atoms with van der Waals surface area (Å²) in [7, 11) is 0. The van der Waals surface area contributed by atoms with Crippen LogP contribution in [0.25, 0.3) is 21.2 Å². The van der Waals surface area contributed by atoms with Crippen molar-refractivity contribution >= 4 is 44.4 Å². The van der Waals surface area contributed by atoms with Gasteiger partial charge in [0.1, 0.15) is 17.4 Å². The maximum atomic E-state index is 13.0. The molecule has 9 heteroatoms. The van der Waals surface area contributed by atoms with E-state index in [2.05, 4.69) is 4.99 Å². The Morgan fingerprint density at radius 2 is 1.94 bits per heavy atom. The summed E-state index contributed by atoms with van der Waals surface area (Å²) in [6, 6.07) is 11.9. The molecule has 2 heterocycles. The number of hydrogen-bond acceptors (Lipinski definition) is 7. The van der Waals surface area contributed by atoms with Crippen LogP contribution in [0.15, 0.2) is 62.9 Å². The molecule has 2 aromatic carbocycles. The molecule has 0 spiro atoms. The molecule has 0 saturated carbocycles. The molecule has 0 atom stereocenters. The van der Waals surface area contributed by atoms with Crippen molar-refractivity contribution in [3.05, 3.63) is 74.9 Å². The molecule has 170 valence electrons. The van der Waals surface area contributed by atoms with E-state index < -0.39 is 17.3 Å². The van der Waals surface area contributed by atoms with Gasteiger partial charge in [0.15, 0.2) is 4.80 Å². The van der Waals surface area contributed by atoms with E-state index in [0.29, 0.717) is 41.1 Å². The fourth-order valence-electron chi connectivity index (χ4n) is 3.39. The minimum Gasteiger partial charge on any atom is -0.463 e. The van der Waals surface area contributed by atoms with Crippen molar-refractivity contribution in [2.24, 2.45) is 4.99 Å². The number of hydrogen-bond donors (Lipinski definition) is 0. The molecule has 0 radical (unpaired) electrons. The summed E-state index contributed by atoms with van der Waals surface area (Å²) in [4.78, 5) is 42.5. The van der Waals surface area contributed by atoms with Crippen molar-refractivity contribution < 1.29 is 23.5 Å². The van der Waals surface area contributed by atoms with Crippen LogP contribution in [0.3, 0.4) is 0 Å². The number of ether oxygens (including phenoxy) is 2. The Labute approximate surface area is 192 Å². The van der Waals surface area contributed by atoms with Crippen LogP contribution < -0.4 is 10.2 Å². The summed E-state index contributed by atoms with van der Waals surface area (Å²) < 4.78 is 18.6. The first-order chi connectivity index (χ1) is 16.0. The Morgan fingerprint density at radius 1 is 1.12 bits per heavy atom. The lowest BCUT2D eigenvalue weighted by Gasteiger charge is -2.06. The lowest BCUT2D eigenvalue weighted by atomic mass is 10.2. The molecule has 4 rings (SSSR count). The largest absolute Gasteiger partial charge is 0.463 e. The van der Waals surface area contributed by atoms with Crippen LogP contribution in [0.4, 0.5) is 0 Å². The third-order valence-corrected chi connectivity index (χ3v) is 6.01. The lowest BCUT2D eigenvalue weighted by molar-refractivity contribution is 0.0526. The van der Waals surface area contributed by atoms with E-state index >= 15 is 0 Å². The highest BCUT2D eigenvalue weighted by Crippen LogP contribution is 2.20. The normalized spacial score (nSPS) is 11.9. The monoisotopic (exact) mass is 466 g/mol. The Bertz CT molecular complexity index is 1460. The number of carbonyl (C=O) groups excluding carboxylic acids is 2. The quantitative estimate of drug-likeness (QED) is 0.304. The highest BCUT2D eigenvalue weighted by atomic mass is 32.1. The Hall–Kier alpha value is -3.56. The second kappa shape index (κ2) is 9.93. The first-order valence-electron chi connectivity index (χ1n) is 10.5. The number of thiazole rings is 1. The molecule has 0 N–H and O–H groups in total. The van der Waals surface area contributed by atoms with E-state index in [1.165, 1.54) is 11.3 Å². The van der Waals surface area contributed by atoms with E-state index in [1.807, 2.05) is 11.5 Å². The van der Waals surface area contributed by atoms with Gasteiger partial charge in [-0.25, -0.2) is 4.79 Å². The Morgan fingerprint density at radius 3 is 2.73 bits per heavy atom. The number of nitrogens with zero attached hydrogens (tertiary/aromatic N) is 2. The molecule has 0 fully saturated rings. The summed E-state index contributed by atoms with van der Waals surface area (Å²) in [5, 5.41) is 0.318. The zero-order valence-corrected chi connectivity index (χ0v) is 19.0. The minimum absolute atomic E-state index is 0.144. The van der Waals surface area contributed by atoms with Crippen molar-refractivity contribution in [2.75, 3.05) is 19.8 Å². The maximum absolute atomic E-state index is 13.0. The van der Waals surface area contributed by atoms with Gasteiger partial charge in [-0.2, -0.15) is 4.99 Å². The third-order valence-electron chi connectivity index (χ3n) is 4.96. The topological polar surface area (TPSA) is 100 Å². The fourth-order valence-corrected chi connectivity index (χ4v) is 4.48. The Balaban J connectivity index is 1.81. The number of rotatable bonds is 7. The molecule has 4 aromatic rings. The van der Waals surface area contributed by atoms with Gasteiger partial charge in [-0.1, -0.05) is 23.5 Å². The number of para-hydroxylation sites is 1. The standard InChI is InChI=1S/C24H22N2O6S/c1-3-30-12-11-26-18-10-9-15(23(29)31-4-2)13-20(18)33-24(26)25-22(28)17-14-32-19-8-6-5-7-16(19)21(17)27/h5-10,13-14H,3-4,11-12H2,1-2H3. The second-order valence-corrected chi connectivity index (χ2v) is 8.04. The van der Waals surface area contributed by atoms with Crippen molar-refractivity contribution in [1.82, 2.24) is 4.57 Å². The molecule has 0 aliphatic carbocycles. The van der Waals surface area contributed by atoms with Gasteiger partial charge < -0.3 is 18.5 Å². The summed E-state index contributed by atoms with van der Waals surface area (Å²) in [6.07, 6.45) is 1.15. The average Bonchev–Trinajstić information content (AvgIpc) is 3.16. The van der Waals surface area contributed by atoms with Gasteiger partial charge in [0, 0.05) is 13.2 Å². The van der Waals surface area contributed by atoms with Gasteiger partial charge in [-0.3, -0.25) is 9.59 Å². The van der Waals surface area contributed by atoms with Gasteiger partial charge in [0.05, 0.1) is 34.4 Å². The summed E-state index contributed by atoms with van der Waals surface area (Å²) in [5.74, 6) is -1.12. The molecule has 0 bridgehead atoms. The van der Waals surface area contributed by atoms with E-state index in [-0.39, 0.29) is 12.2 Å². The van der Waals surface area contributed by atoms with Crippen LogP contribution >= 0.6 is 11.3 Å². The molecule has 1 amide bonds. The molecular weight excluding hydrogens is 444 g/mol. The number of benzene rings is 2. The first-order valence-corrected chi connectivity index (χ1v) is 11.3. The number of aromatic nitrogens is 1. The van der Waals surface area contributed by atoms with Crippen LogP contribution in [-0.2, 0) is 16.0 Å². The van der Waals surface area contributed by atoms with E-state index in [0.717, 1.165) is 16.5 Å². The van der Waals surface area contributed by atoms with Gasteiger partial charge >= 0.3 is 5.97 Å². The van der Waals surface area contributed by atoms with Crippen LogP contribution in [0.2, 0.25) is 0 Å². The van der Waals surface area contributed by atoms with Gasteiger partial charge in [-0.15, -0.1) is 0 Å². The Kier molecular flexibility index (Phi) is 6.81. The van der Waals surface area contributed by atoms with Crippen LogP contribution in [0.1, 0.15) is 34.6 Å². The highest BCUT2D eigenvalue weighted by molar-refractivity contribution is 7.16. The maximum Gasteiger partial charge on any atom is 0.338 e. The van der Waals surface area contributed by atoms with E-state index in [4.69, 9.17) is 13.9 Å². The molecule has 0 aliphatic rings. The molecule has 0 saturated heterocycles. The summed E-state index contributed by atoms with van der Waals surface area (Å²) >= 11 is 1.24.